The molecule has 38 heavy (non-hydrogen) atoms. The lowest BCUT2D eigenvalue weighted by molar-refractivity contribution is -0.275. The lowest BCUT2D eigenvalue weighted by Crippen LogP contribution is -2.42. The predicted molar refractivity (Wildman–Crippen MR) is 133 cm³/mol. The first-order valence-corrected chi connectivity index (χ1v) is 11.8. The Morgan fingerprint density at radius 2 is 1.84 bits per heavy atom. The van der Waals surface area contributed by atoms with Gasteiger partial charge in [0.1, 0.15) is 13.3 Å². The molecule has 3 aromatic rings. The zero-order chi connectivity index (χ0) is 27.5. The first-order chi connectivity index (χ1) is 18.1. The van der Waals surface area contributed by atoms with Gasteiger partial charge in [0.25, 0.3) is 11.5 Å². The Morgan fingerprint density at radius 3 is 2.50 bits per heavy atom. The molecule has 1 heterocycles. The average Bonchev–Trinajstić information content (AvgIpc) is 3.35. The number of benzene rings is 3. The second-order valence-corrected chi connectivity index (χ2v) is 8.93. The number of carbonyl (C=O) groups is 1. The van der Waals surface area contributed by atoms with Crippen molar-refractivity contribution in [3.05, 3.63) is 81.1 Å². The minimum atomic E-state index is -4.96. The van der Waals surface area contributed by atoms with E-state index < -0.39 is 52.2 Å². The van der Waals surface area contributed by atoms with Gasteiger partial charge in [-0.1, -0.05) is 63.8 Å². The van der Waals surface area contributed by atoms with Crippen LogP contribution in [0.15, 0.2) is 58.8 Å². The molecule has 0 radical (unpaired) electrons. The number of carbonyl (C=O) groups excluding carboxylic acids is 1. The fraction of sp³-hybridized carbons (Fsp3) is 0.240. The maximum Gasteiger partial charge on any atom is 0.435 e. The number of oxime groups is 2. The van der Waals surface area contributed by atoms with Gasteiger partial charge < -0.3 is 15.0 Å². The van der Waals surface area contributed by atoms with E-state index >= 15 is 0 Å². The first kappa shape index (κ1) is 27.6. The summed E-state index contributed by atoms with van der Waals surface area (Å²) in [6.45, 7) is -0.909. The second-order valence-electron chi connectivity index (χ2n) is 8.11. The van der Waals surface area contributed by atoms with Crippen molar-refractivity contribution < 1.29 is 36.4 Å². The Labute approximate surface area is 223 Å². The Kier molecular flexibility index (Phi) is 8.08. The monoisotopic (exact) mass is 573 g/mol. The third-order valence-corrected chi connectivity index (χ3v) is 6.34. The molecule has 0 saturated heterocycles. The van der Waals surface area contributed by atoms with Crippen LogP contribution >= 0.6 is 23.2 Å². The van der Waals surface area contributed by atoms with Gasteiger partial charge in [-0.3, -0.25) is 4.79 Å². The molecule has 6 nitrogen and oxygen atoms in total. The highest BCUT2D eigenvalue weighted by atomic mass is 35.5. The molecule has 1 amide bonds. The number of rotatable bonds is 8. The molecule has 0 aromatic heterocycles. The molecule has 200 valence electrons. The minimum absolute atomic E-state index is 0.00135. The van der Waals surface area contributed by atoms with E-state index in [-0.39, 0.29) is 24.4 Å². The van der Waals surface area contributed by atoms with E-state index in [1.165, 1.54) is 18.3 Å². The number of halogens is 7. The van der Waals surface area contributed by atoms with Crippen LogP contribution in [0.3, 0.4) is 0 Å². The number of alkyl halides is 4. The second kappa shape index (κ2) is 11.1. The zero-order valence-corrected chi connectivity index (χ0v) is 20.8. The molecule has 3 aromatic carbocycles. The molecule has 0 spiro atoms. The Balaban J connectivity index is 1.66. The molecule has 4 rings (SSSR count). The fourth-order valence-corrected chi connectivity index (χ4v) is 4.48. The zero-order valence-electron chi connectivity index (χ0n) is 19.3. The minimum Gasteiger partial charge on any atom is -0.393 e. The Bertz CT molecular complexity index is 1410. The van der Waals surface area contributed by atoms with Crippen LogP contribution in [0.25, 0.3) is 10.8 Å². The van der Waals surface area contributed by atoms with Crippen LogP contribution in [-0.2, 0) is 15.3 Å². The van der Waals surface area contributed by atoms with Crippen molar-refractivity contribution in [1.29, 1.82) is 0 Å². The maximum atomic E-state index is 14.4. The lowest BCUT2D eigenvalue weighted by atomic mass is 9.85. The number of fused-ring (bicyclic) bond motifs is 1. The van der Waals surface area contributed by atoms with Crippen LogP contribution in [0.1, 0.15) is 27.9 Å². The largest absolute Gasteiger partial charge is 0.435 e. The van der Waals surface area contributed by atoms with Gasteiger partial charge in [0, 0.05) is 23.1 Å². The fourth-order valence-electron chi connectivity index (χ4n) is 4.00. The van der Waals surface area contributed by atoms with Crippen molar-refractivity contribution in [2.24, 2.45) is 10.3 Å². The van der Waals surface area contributed by atoms with Crippen molar-refractivity contribution in [3.63, 3.8) is 0 Å². The molecular formula is C25H18Cl2F5N3O3. The van der Waals surface area contributed by atoms with Crippen molar-refractivity contribution >= 4 is 51.8 Å². The van der Waals surface area contributed by atoms with Gasteiger partial charge in [-0.2, -0.15) is 13.2 Å². The van der Waals surface area contributed by atoms with Gasteiger partial charge in [-0.25, -0.2) is 8.78 Å². The number of hydrogen-bond acceptors (Lipinski definition) is 5. The lowest BCUT2D eigenvalue weighted by Gasteiger charge is -2.29. The van der Waals surface area contributed by atoms with E-state index in [0.29, 0.717) is 16.3 Å². The Hall–Kier alpha value is -3.44. The number of nitrogens with zero attached hydrogens (tertiary/aromatic N) is 2. The highest BCUT2D eigenvalue weighted by molar-refractivity contribution is 6.35. The SMILES string of the molecule is O=C(NC/C=N/OCCF)c1ccc(C2=NOC(c3cc(Cl)c(F)c(Cl)c3)(C(F)(F)F)C2)c2ccccc12. The van der Waals surface area contributed by atoms with Crippen LogP contribution < -0.4 is 5.32 Å². The molecule has 1 N–H and O–H groups in total. The predicted octanol–water partition coefficient (Wildman–Crippen LogP) is 6.57. The van der Waals surface area contributed by atoms with E-state index in [0.717, 1.165) is 12.1 Å². The highest BCUT2D eigenvalue weighted by Gasteiger charge is 2.62. The number of nitrogens with one attached hydrogen (secondary N) is 1. The summed E-state index contributed by atoms with van der Waals surface area (Å²) in [5.74, 6) is -1.53. The van der Waals surface area contributed by atoms with Crippen molar-refractivity contribution in [2.45, 2.75) is 18.2 Å². The van der Waals surface area contributed by atoms with Crippen LogP contribution in [-0.4, -0.2) is 43.8 Å². The van der Waals surface area contributed by atoms with Crippen LogP contribution in [0, 0.1) is 5.82 Å². The van der Waals surface area contributed by atoms with Gasteiger partial charge in [0.15, 0.2) is 5.82 Å². The summed E-state index contributed by atoms with van der Waals surface area (Å²) in [7, 11) is 0. The van der Waals surface area contributed by atoms with E-state index in [2.05, 4.69) is 20.5 Å². The molecule has 1 atom stereocenters. The summed E-state index contributed by atoms with van der Waals surface area (Å²) in [5, 5.41) is 9.57. The molecule has 1 unspecified atom stereocenters. The maximum absolute atomic E-state index is 14.4. The third-order valence-electron chi connectivity index (χ3n) is 5.79. The molecule has 1 aliphatic heterocycles. The number of amides is 1. The molecule has 13 heteroatoms. The smallest absolute Gasteiger partial charge is 0.393 e. The molecule has 0 aliphatic carbocycles. The van der Waals surface area contributed by atoms with Gasteiger partial charge in [-0.05, 0) is 29.0 Å². The molecule has 0 fully saturated rings. The summed E-state index contributed by atoms with van der Waals surface area (Å²) in [6.07, 6.45) is -4.47. The van der Waals surface area contributed by atoms with E-state index in [9.17, 15) is 26.7 Å². The van der Waals surface area contributed by atoms with Crippen molar-refractivity contribution in [1.82, 2.24) is 5.32 Å². The molecule has 1 aliphatic rings. The summed E-state index contributed by atoms with van der Waals surface area (Å²) in [4.78, 5) is 22.4. The van der Waals surface area contributed by atoms with Gasteiger partial charge in [0.2, 0.25) is 0 Å². The van der Waals surface area contributed by atoms with E-state index in [4.69, 9.17) is 28.0 Å². The third kappa shape index (κ3) is 5.25. The number of hydrogen-bond donors (Lipinski definition) is 1. The van der Waals surface area contributed by atoms with Crippen molar-refractivity contribution in [3.8, 4) is 0 Å². The average molecular weight is 574 g/mol. The molecular weight excluding hydrogens is 556 g/mol. The summed E-state index contributed by atoms with van der Waals surface area (Å²) in [6, 6.07) is 11.1. The summed E-state index contributed by atoms with van der Waals surface area (Å²) >= 11 is 11.5. The standard InChI is InChI=1S/C25H18Cl2F5N3O3/c26-19-11-14(12-20(27)22(19)29)24(25(30,31)32)13-21(35-38-24)17-5-6-18(16-4-2-1-3-15(16)17)23(36)33-8-9-34-37-10-7-28/h1-6,9,11-12H,7-8,10,13H2,(H,33,36)/b34-9+. The molecule has 0 saturated carbocycles. The van der Waals surface area contributed by atoms with Crippen LogP contribution in [0.4, 0.5) is 22.0 Å². The van der Waals surface area contributed by atoms with E-state index in [1.54, 1.807) is 24.3 Å². The van der Waals surface area contributed by atoms with Crippen LogP contribution in [0.2, 0.25) is 10.0 Å². The highest BCUT2D eigenvalue weighted by Crippen LogP contribution is 2.50. The van der Waals surface area contributed by atoms with Crippen molar-refractivity contribution in [2.75, 3.05) is 19.8 Å². The van der Waals surface area contributed by atoms with E-state index in [1.807, 2.05) is 0 Å². The normalized spacial score (nSPS) is 17.5. The van der Waals surface area contributed by atoms with Gasteiger partial charge >= 0.3 is 6.18 Å². The van der Waals surface area contributed by atoms with Crippen LogP contribution in [0.5, 0.6) is 0 Å². The summed E-state index contributed by atoms with van der Waals surface area (Å²) < 4.78 is 69.1. The van der Waals surface area contributed by atoms with Gasteiger partial charge in [-0.15, -0.1) is 0 Å². The summed E-state index contributed by atoms with van der Waals surface area (Å²) in [5.41, 5.74) is -2.94. The first-order valence-electron chi connectivity index (χ1n) is 11.1. The Morgan fingerprint density at radius 1 is 1.16 bits per heavy atom. The molecule has 0 bridgehead atoms. The topological polar surface area (TPSA) is 72.3 Å². The van der Waals surface area contributed by atoms with Gasteiger partial charge in [0.05, 0.1) is 28.5 Å². The quantitative estimate of drug-likeness (QED) is 0.109.